The number of hydrogen-bond acceptors (Lipinski definition) is 4. The Hall–Kier alpha value is -1.59. The average Bonchev–Trinajstić information content (AvgIpc) is 2.74. The molecule has 20 heavy (non-hydrogen) atoms. The Bertz CT molecular complexity index is 627. The summed E-state index contributed by atoms with van der Waals surface area (Å²) in [5.41, 5.74) is 0.128. The molecule has 0 bridgehead atoms. The van der Waals surface area contributed by atoms with Crippen LogP contribution in [-0.4, -0.2) is 22.1 Å². The lowest BCUT2D eigenvalue weighted by molar-refractivity contribution is 0.0697. The number of hydrogen-bond donors (Lipinski definition) is 2. The van der Waals surface area contributed by atoms with Gasteiger partial charge in [0.25, 0.3) is 0 Å². The lowest BCUT2D eigenvalue weighted by atomic mass is 10.2. The fourth-order valence-electron chi connectivity index (χ4n) is 1.90. The number of nitrogens with zero attached hydrogens (tertiary/aromatic N) is 1. The normalized spacial score (nSPS) is 12.2. The molecule has 0 spiro atoms. The largest absolute Gasteiger partial charge is 0.478 e. The second kappa shape index (κ2) is 6.24. The van der Waals surface area contributed by atoms with Crippen LogP contribution in [0, 0.1) is 6.92 Å². The molecule has 6 heteroatoms. The van der Waals surface area contributed by atoms with E-state index in [-0.39, 0.29) is 16.8 Å². The second-order valence-electron chi connectivity index (χ2n) is 4.60. The van der Waals surface area contributed by atoms with Crippen LogP contribution in [0.5, 0.6) is 0 Å². The van der Waals surface area contributed by atoms with Gasteiger partial charge >= 0.3 is 5.97 Å². The van der Waals surface area contributed by atoms with Crippen molar-refractivity contribution in [1.82, 2.24) is 4.98 Å². The summed E-state index contributed by atoms with van der Waals surface area (Å²) in [4.78, 5) is 17.7. The molecule has 106 valence electrons. The van der Waals surface area contributed by atoms with Gasteiger partial charge in [0, 0.05) is 22.2 Å². The first-order valence-electron chi connectivity index (χ1n) is 6.17. The summed E-state index contributed by atoms with van der Waals surface area (Å²) in [6.07, 6.45) is 0.811. The topological polar surface area (TPSA) is 62.2 Å². The summed E-state index contributed by atoms with van der Waals surface area (Å²) < 4.78 is 0. The van der Waals surface area contributed by atoms with E-state index < -0.39 is 5.97 Å². The highest BCUT2D eigenvalue weighted by molar-refractivity contribution is 7.11. The van der Waals surface area contributed by atoms with Gasteiger partial charge in [-0.1, -0.05) is 11.6 Å². The van der Waals surface area contributed by atoms with Gasteiger partial charge in [0.1, 0.15) is 16.5 Å². The number of nitrogens with one attached hydrogen (secondary N) is 1. The van der Waals surface area contributed by atoms with E-state index >= 15 is 0 Å². The average molecular weight is 311 g/mol. The van der Waals surface area contributed by atoms with E-state index in [9.17, 15) is 4.79 Å². The predicted molar refractivity (Wildman–Crippen MR) is 82.1 cm³/mol. The maximum absolute atomic E-state index is 11.2. The molecule has 0 amide bonds. The van der Waals surface area contributed by atoms with E-state index in [4.69, 9.17) is 16.7 Å². The summed E-state index contributed by atoms with van der Waals surface area (Å²) in [5.74, 6) is -0.707. The van der Waals surface area contributed by atoms with Gasteiger partial charge in [0.2, 0.25) is 0 Å². The Kier molecular flexibility index (Phi) is 4.62. The van der Waals surface area contributed by atoms with E-state index in [0.717, 1.165) is 6.42 Å². The number of carbonyl (C=O) groups is 1. The molecule has 0 aromatic carbocycles. The van der Waals surface area contributed by atoms with Gasteiger partial charge in [-0.15, -0.1) is 11.3 Å². The van der Waals surface area contributed by atoms with Crippen molar-refractivity contribution < 1.29 is 9.90 Å². The first kappa shape index (κ1) is 14.8. The Morgan fingerprint density at radius 3 is 2.80 bits per heavy atom. The third-order valence-electron chi connectivity index (χ3n) is 2.78. The number of anilines is 1. The van der Waals surface area contributed by atoms with E-state index in [1.165, 1.54) is 21.9 Å². The highest BCUT2D eigenvalue weighted by Crippen LogP contribution is 2.21. The molecule has 2 N–H and O–H groups in total. The smallest absolute Gasteiger partial charge is 0.339 e. The standard InChI is InChI=1S/C14H15ClN2O2S/c1-8(7-10-4-3-9(2)20-10)16-13-11(14(18)19)5-6-12(15)17-13/h3-6,8H,7H2,1-2H3,(H,16,17)(H,18,19). The molecular weight excluding hydrogens is 296 g/mol. The zero-order chi connectivity index (χ0) is 14.7. The third-order valence-corrected chi connectivity index (χ3v) is 4.01. The van der Waals surface area contributed by atoms with E-state index in [1.807, 2.05) is 6.92 Å². The molecule has 1 atom stereocenters. The minimum Gasteiger partial charge on any atom is -0.478 e. The SMILES string of the molecule is Cc1ccc(CC(C)Nc2nc(Cl)ccc2C(=O)O)s1. The molecule has 2 aromatic heterocycles. The molecule has 2 rings (SSSR count). The number of aromatic carboxylic acids is 1. The van der Waals surface area contributed by atoms with Crippen LogP contribution in [0.4, 0.5) is 5.82 Å². The zero-order valence-electron chi connectivity index (χ0n) is 11.2. The number of pyridine rings is 1. The van der Waals surface area contributed by atoms with Gasteiger partial charge in [0.05, 0.1) is 0 Å². The maximum atomic E-state index is 11.2. The summed E-state index contributed by atoms with van der Waals surface area (Å²) in [7, 11) is 0. The van der Waals surface area contributed by atoms with Crippen molar-refractivity contribution in [3.63, 3.8) is 0 Å². The lowest BCUT2D eigenvalue weighted by Gasteiger charge is -2.15. The highest BCUT2D eigenvalue weighted by Gasteiger charge is 2.14. The van der Waals surface area contributed by atoms with Crippen LogP contribution >= 0.6 is 22.9 Å². The van der Waals surface area contributed by atoms with Gasteiger partial charge < -0.3 is 10.4 Å². The van der Waals surface area contributed by atoms with Crippen LogP contribution in [0.15, 0.2) is 24.3 Å². The van der Waals surface area contributed by atoms with Crippen molar-refractivity contribution in [3.05, 3.63) is 44.7 Å². The van der Waals surface area contributed by atoms with Gasteiger partial charge in [-0.25, -0.2) is 9.78 Å². The fraction of sp³-hybridized carbons (Fsp3) is 0.286. The van der Waals surface area contributed by atoms with Crippen molar-refractivity contribution in [3.8, 4) is 0 Å². The molecule has 0 aliphatic heterocycles. The van der Waals surface area contributed by atoms with Crippen molar-refractivity contribution in [2.24, 2.45) is 0 Å². The third kappa shape index (κ3) is 3.71. The maximum Gasteiger partial charge on any atom is 0.339 e. The highest BCUT2D eigenvalue weighted by atomic mass is 35.5. The number of carboxylic acids is 1. The Labute approximate surface area is 126 Å². The minimum atomic E-state index is -1.02. The summed E-state index contributed by atoms with van der Waals surface area (Å²) in [5, 5.41) is 12.5. The van der Waals surface area contributed by atoms with Gasteiger partial charge in [-0.3, -0.25) is 0 Å². The lowest BCUT2D eigenvalue weighted by Crippen LogP contribution is -2.20. The first-order valence-corrected chi connectivity index (χ1v) is 7.37. The van der Waals surface area contributed by atoms with Crippen LogP contribution in [0.25, 0.3) is 0 Å². The van der Waals surface area contributed by atoms with Gasteiger partial charge in [-0.2, -0.15) is 0 Å². The number of thiophene rings is 1. The number of carboxylic acid groups (broad SMARTS) is 1. The minimum absolute atomic E-state index is 0.0668. The number of aromatic nitrogens is 1. The summed E-state index contributed by atoms with van der Waals surface area (Å²) in [6, 6.07) is 7.16. The summed E-state index contributed by atoms with van der Waals surface area (Å²) >= 11 is 7.56. The van der Waals surface area contributed by atoms with Gasteiger partial charge in [-0.05, 0) is 38.1 Å². The molecule has 0 fully saturated rings. The fourth-order valence-corrected chi connectivity index (χ4v) is 3.07. The Balaban J connectivity index is 2.12. The van der Waals surface area contributed by atoms with Crippen LogP contribution in [0.2, 0.25) is 5.15 Å². The molecule has 0 saturated heterocycles. The summed E-state index contributed by atoms with van der Waals surface area (Å²) in [6.45, 7) is 4.05. The number of aryl methyl sites for hydroxylation is 1. The predicted octanol–water partition coefficient (Wildman–Crippen LogP) is 3.85. The quantitative estimate of drug-likeness (QED) is 0.824. The number of rotatable bonds is 5. The monoisotopic (exact) mass is 310 g/mol. The second-order valence-corrected chi connectivity index (χ2v) is 6.36. The molecule has 1 unspecified atom stereocenters. The Morgan fingerprint density at radius 1 is 1.45 bits per heavy atom. The van der Waals surface area contributed by atoms with E-state index in [2.05, 4.69) is 29.4 Å². The molecule has 0 aliphatic carbocycles. The zero-order valence-corrected chi connectivity index (χ0v) is 12.8. The van der Waals surface area contributed by atoms with E-state index in [1.54, 1.807) is 11.3 Å². The molecule has 0 aliphatic rings. The first-order chi connectivity index (χ1) is 9.45. The number of halogens is 1. The van der Waals surface area contributed by atoms with Crippen LogP contribution in [-0.2, 0) is 6.42 Å². The van der Waals surface area contributed by atoms with Crippen LogP contribution in [0.1, 0.15) is 27.0 Å². The van der Waals surface area contributed by atoms with Crippen molar-refractivity contribution >= 4 is 34.7 Å². The van der Waals surface area contributed by atoms with Crippen molar-refractivity contribution in [2.45, 2.75) is 26.3 Å². The molecular formula is C14H15ClN2O2S. The van der Waals surface area contributed by atoms with Crippen LogP contribution < -0.4 is 5.32 Å². The van der Waals surface area contributed by atoms with E-state index in [0.29, 0.717) is 5.82 Å². The van der Waals surface area contributed by atoms with Crippen LogP contribution in [0.3, 0.4) is 0 Å². The molecule has 2 heterocycles. The van der Waals surface area contributed by atoms with Crippen molar-refractivity contribution in [1.29, 1.82) is 0 Å². The molecule has 4 nitrogen and oxygen atoms in total. The van der Waals surface area contributed by atoms with Crippen molar-refractivity contribution in [2.75, 3.05) is 5.32 Å². The molecule has 0 saturated carbocycles. The van der Waals surface area contributed by atoms with Gasteiger partial charge in [0.15, 0.2) is 0 Å². The Morgan fingerprint density at radius 2 is 2.20 bits per heavy atom. The molecule has 2 aromatic rings. The molecule has 0 radical (unpaired) electrons.